The van der Waals surface area contributed by atoms with Gasteiger partial charge in [0.25, 0.3) is 0 Å². The molecule has 5 rings (SSSR count). The fourth-order valence-electron chi connectivity index (χ4n) is 8.09. The number of ketones is 2. The number of fused-ring (bicyclic) bond motifs is 7. The first-order chi connectivity index (χ1) is 14.0. The van der Waals surface area contributed by atoms with Gasteiger partial charge >= 0.3 is 5.97 Å². The van der Waals surface area contributed by atoms with Crippen LogP contribution in [0.2, 0.25) is 0 Å². The lowest BCUT2D eigenvalue weighted by atomic mass is 9.47. The summed E-state index contributed by atoms with van der Waals surface area (Å²) in [6.07, 6.45) is 5.26. The molecule has 6 heteroatoms. The Labute approximate surface area is 181 Å². The number of aliphatic hydroxyl groups excluding tert-OH is 1. The number of carbonyl (C=O) groups is 3. The number of allylic oxidation sites excluding steroid dienone is 4. The molecule has 0 bridgehead atoms. The van der Waals surface area contributed by atoms with Gasteiger partial charge in [-0.15, -0.1) is 0 Å². The topological polar surface area (TPSA) is 80.7 Å². The third kappa shape index (κ3) is 2.18. The van der Waals surface area contributed by atoms with Crippen molar-refractivity contribution in [1.82, 2.24) is 0 Å². The SMILES string of the molecule is CC(=O)O[C@]1(C(C)=O)CCC2C3C(O)=C(Cl)C4=CC(=O)[C@@H]5CC5[C@]4(C)C3CC[C@@]21C. The number of ether oxygens (including phenoxy) is 1. The fourth-order valence-corrected chi connectivity index (χ4v) is 8.48. The minimum absolute atomic E-state index is 0.0125. The molecule has 0 radical (unpaired) electrons. The molecule has 3 saturated carbocycles. The van der Waals surface area contributed by atoms with Crippen LogP contribution in [-0.2, 0) is 19.1 Å². The molecule has 0 amide bonds. The monoisotopic (exact) mass is 432 g/mol. The Morgan fingerprint density at radius 2 is 1.80 bits per heavy atom. The Bertz CT molecular complexity index is 949. The summed E-state index contributed by atoms with van der Waals surface area (Å²) in [6, 6.07) is 0. The van der Waals surface area contributed by atoms with Crippen LogP contribution in [0.25, 0.3) is 0 Å². The van der Waals surface area contributed by atoms with E-state index in [2.05, 4.69) is 6.92 Å². The van der Waals surface area contributed by atoms with Crippen LogP contribution in [0.4, 0.5) is 0 Å². The average Bonchev–Trinajstić information content (AvgIpc) is 3.43. The van der Waals surface area contributed by atoms with Crippen LogP contribution in [0, 0.1) is 40.4 Å². The summed E-state index contributed by atoms with van der Waals surface area (Å²) < 4.78 is 5.77. The minimum atomic E-state index is -1.15. The van der Waals surface area contributed by atoms with Crippen molar-refractivity contribution >= 4 is 29.1 Å². The number of Topliss-reactive ketones (excluding diaryl/α,β-unsaturated/α-hetero) is 1. The van der Waals surface area contributed by atoms with Crippen molar-refractivity contribution in [2.75, 3.05) is 0 Å². The molecular formula is C24H29ClO5. The van der Waals surface area contributed by atoms with Crippen molar-refractivity contribution in [3.05, 3.63) is 22.4 Å². The molecule has 3 fully saturated rings. The zero-order chi connectivity index (χ0) is 21.8. The molecule has 8 atom stereocenters. The van der Waals surface area contributed by atoms with Crippen LogP contribution in [0.5, 0.6) is 0 Å². The highest BCUT2D eigenvalue weighted by atomic mass is 35.5. The molecule has 0 aromatic carbocycles. The van der Waals surface area contributed by atoms with Crippen LogP contribution in [0.15, 0.2) is 22.4 Å². The maximum Gasteiger partial charge on any atom is 0.303 e. The largest absolute Gasteiger partial charge is 0.510 e. The van der Waals surface area contributed by atoms with Crippen LogP contribution in [0.1, 0.15) is 59.8 Å². The van der Waals surface area contributed by atoms with Gasteiger partial charge in [0.05, 0.1) is 5.03 Å². The van der Waals surface area contributed by atoms with Crippen LogP contribution in [0.3, 0.4) is 0 Å². The maximum atomic E-state index is 12.8. The molecule has 0 aromatic heterocycles. The van der Waals surface area contributed by atoms with E-state index in [1.165, 1.54) is 13.8 Å². The van der Waals surface area contributed by atoms with Crippen molar-refractivity contribution in [2.24, 2.45) is 40.4 Å². The number of halogens is 1. The number of hydrogen-bond donors (Lipinski definition) is 1. The van der Waals surface area contributed by atoms with Crippen LogP contribution < -0.4 is 0 Å². The third-order valence-corrected chi connectivity index (χ3v) is 10.0. The molecular weight excluding hydrogens is 404 g/mol. The number of carbonyl (C=O) groups excluding carboxylic acids is 3. The van der Waals surface area contributed by atoms with Gasteiger partial charge in [-0.25, -0.2) is 0 Å². The Morgan fingerprint density at radius 3 is 2.43 bits per heavy atom. The van der Waals surface area contributed by atoms with Crippen molar-refractivity contribution in [3.63, 3.8) is 0 Å². The van der Waals surface area contributed by atoms with E-state index < -0.39 is 17.0 Å². The van der Waals surface area contributed by atoms with Gasteiger partial charge in [0.2, 0.25) is 0 Å². The van der Waals surface area contributed by atoms with E-state index in [-0.39, 0.29) is 52.3 Å². The van der Waals surface area contributed by atoms with Crippen LogP contribution >= 0.6 is 11.6 Å². The summed E-state index contributed by atoms with van der Waals surface area (Å²) in [5.41, 5.74) is -1.15. The highest BCUT2D eigenvalue weighted by Crippen LogP contribution is 2.73. The van der Waals surface area contributed by atoms with Gasteiger partial charge in [0, 0.05) is 29.6 Å². The predicted molar refractivity (Wildman–Crippen MR) is 111 cm³/mol. The van der Waals surface area contributed by atoms with Gasteiger partial charge in [-0.3, -0.25) is 14.4 Å². The predicted octanol–water partition coefficient (Wildman–Crippen LogP) is 4.49. The van der Waals surface area contributed by atoms with E-state index >= 15 is 0 Å². The maximum absolute atomic E-state index is 12.8. The normalized spacial score (nSPS) is 48.8. The molecule has 0 aromatic rings. The first-order valence-electron chi connectivity index (χ1n) is 11.0. The summed E-state index contributed by atoms with van der Waals surface area (Å²) in [5.74, 6) is 0.0237. The van der Waals surface area contributed by atoms with Crippen molar-refractivity contribution < 1.29 is 24.2 Å². The molecule has 4 unspecified atom stereocenters. The highest BCUT2D eigenvalue weighted by molar-refractivity contribution is 6.33. The summed E-state index contributed by atoms with van der Waals surface area (Å²) in [7, 11) is 0. The third-order valence-electron chi connectivity index (χ3n) is 9.62. The van der Waals surface area contributed by atoms with Crippen molar-refractivity contribution in [2.45, 2.75) is 65.4 Å². The lowest BCUT2D eigenvalue weighted by Gasteiger charge is -2.58. The number of rotatable bonds is 2. The molecule has 5 aliphatic rings. The smallest absolute Gasteiger partial charge is 0.303 e. The summed E-state index contributed by atoms with van der Waals surface area (Å²) >= 11 is 6.71. The summed E-state index contributed by atoms with van der Waals surface area (Å²) in [4.78, 5) is 37.2. The van der Waals surface area contributed by atoms with E-state index in [1.807, 2.05) is 6.92 Å². The Hall–Kier alpha value is -1.62. The summed E-state index contributed by atoms with van der Waals surface area (Å²) in [5, 5.41) is 11.6. The highest BCUT2D eigenvalue weighted by Gasteiger charge is 2.71. The van der Waals surface area contributed by atoms with Crippen molar-refractivity contribution in [3.8, 4) is 0 Å². The lowest BCUT2D eigenvalue weighted by Crippen LogP contribution is -2.59. The second-order valence-electron chi connectivity index (χ2n) is 10.6. The standard InChI is InChI=1S/C24H29ClO5/c1-11(26)24(30-12(2)27)8-6-14-19-15(5-7-22(14,24)3)23(4)16-9-13(16)18(28)10-17(23)20(25)21(19)29/h10,13-16,19,29H,5-9H2,1-4H3/t13-,14?,15?,16?,19?,22+,23+,24+/m1/s1. The van der Waals surface area contributed by atoms with E-state index in [0.717, 1.165) is 24.8 Å². The molecule has 1 N–H and O–H groups in total. The van der Waals surface area contributed by atoms with Gasteiger partial charge in [-0.1, -0.05) is 25.4 Å². The Kier molecular flexibility index (Phi) is 4.05. The van der Waals surface area contributed by atoms with Crippen molar-refractivity contribution in [1.29, 1.82) is 0 Å². The average molecular weight is 433 g/mol. The molecule has 5 aliphatic carbocycles. The van der Waals surface area contributed by atoms with Gasteiger partial charge in [-0.05, 0) is 68.4 Å². The zero-order valence-electron chi connectivity index (χ0n) is 18.0. The molecule has 162 valence electrons. The molecule has 0 saturated heterocycles. The van der Waals surface area contributed by atoms with Gasteiger partial charge in [0.1, 0.15) is 5.76 Å². The van der Waals surface area contributed by atoms with E-state index in [0.29, 0.717) is 17.9 Å². The molecule has 0 aliphatic heterocycles. The zero-order valence-corrected chi connectivity index (χ0v) is 18.7. The summed E-state index contributed by atoms with van der Waals surface area (Å²) in [6.45, 7) is 7.12. The number of esters is 1. The fraction of sp³-hybridized carbons (Fsp3) is 0.708. The minimum Gasteiger partial charge on any atom is -0.510 e. The first-order valence-corrected chi connectivity index (χ1v) is 11.4. The number of hydrogen-bond acceptors (Lipinski definition) is 5. The van der Waals surface area contributed by atoms with Gasteiger partial charge in [0.15, 0.2) is 17.2 Å². The van der Waals surface area contributed by atoms with Crippen LogP contribution in [-0.4, -0.2) is 28.2 Å². The molecule has 0 spiro atoms. The van der Waals surface area contributed by atoms with Gasteiger partial charge in [-0.2, -0.15) is 0 Å². The quantitative estimate of drug-likeness (QED) is 0.650. The second kappa shape index (κ2) is 5.99. The number of aliphatic hydroxyl groups is 1. The van der Waals surface area contributed by atoms with E-state index in [1.54, 1.807) is 6.08 Å². The second-order valence-corrected chi connectivity index (χ2v) is 11.0. The molecule has 5 nitrogen and oxygen atoms in total. The lowest BCUT2D eigenvalue weighted by molar-refractivity contribution is -0.186. The Balaban J connectivity index is 1.64. The van der Waals surface area contributed by atoms with Gasteiger partial charge < -0.3 is 9.84 Å². The van der Waals surface area contributed by atoms with E-state index in [4.69, 9.17) is 16.3 Å². The molecule has 30 heavy (non-hydrogen) atoms. The van der Waals surface area contributed by atoms with E-state index in [9.17, 15) is 19.5 Å². The Morgan fingerprint density at radius 1 is 1.13 bits per heavy atom. The molecule has 0 heterocycles. The first kappa shape index (κ1) is 20.3.